The van der Waals surface area contributed by atoms with Crippen LogP contribution in [0.4, 0.5) is 17.1 Å². The number of nitrogens with zero attached hydrogens (tertiary/aromatic N) is 4. The highest BCUT2D eigenvalue weighted by Gasteiger charge is 2.29. The van der Waals surface area contributed by atoms with Crippen molar-refractivity contribution in [2.45, 2.75) is 6.17 Å². The second-order valence-electron chi connectivity index (χ2n) is 13.5. The van der Waals surface area contributed by atoms with Gasteiger partial charge in [0.05, 0.1) is 0 Å². The molecule has 8 aromatic carbocycles. The van der Waals surface area contributed by atoms with Gasteiger partial charge < -0.3 is 14.2 Å². The van der Waals surface area contributed by atoms with Gasteiger partial charge in [-0.3, -0.25) is 0 Å². The van der Waals surface area contributed by atoms with E-state index < -0.39 is 0 Å². The zero-order valence-corrected chi connectivity index (χ0v) is 29.1. The lowest BCUT2D eigenvalue weighted by molar-refractivity contribution is 0.383. The van der Waals surface area contributed by atoms with Gasteiger partial charge in [-0.15, -0.1) is 0 Å². The average Bonchev–Trinajstić information content (AvgIpc) is 3.60. The van der Waals surface area contributed by atoms with E-state index in [4.69, 9.17) is 14.4 Å². The first-order valence-electron chi connectivity index (χ1n) is 17.9. The van der Waals surface area contributed by atoms with Gasteiger partial charge in [0, 0.05) is 51.4 Å². The summed E-state index contributed by atoms with van der Waals surface area (Å²) in [4.78, 5) is 15.0. The zero-order valence-electron chi connectivity index (χ0n) is 29.1. The van der Waals surface area contributed by atoms with E-state index in [1.165, 1.54) is 10.8 Å². The molecule has 53 heavy (non-hydrogen) atoms. The first-order valence-corrected chi connectivity index (χ1v) is 17.9. The van der Waals surface area contributed by atoms with Crippen LogP contribution in [0.5, 0.6) is 0 Å². The summed E-state index contributed by atoms with van der Waals surface area (Å²) in [7, 11) is 2.09. The van der Waals surface area contributed by atoms with Gasteiger partial charge in [-0.25, -0.2) is 9.98 Å². The molecule has 1 aromatic heterocycles. The third-order valence-corrected chi connectivity index (χ3v) is 10.3. The van der Waals surface area contributed by atoms with Gasteiger partial charge in [-0.1, -0.05) is 133 Å². The predicted molar refractivity (Wildman–Crippen MR) is 220 cm³/mol. The number of rotatable bonds is 6. The fourth-order valence-corrected chi connectivity index (χ4v) is 7.68. The molecule has 0 spiro atoms. The smallest absolute Gasteiger partial charge is 0.159 e. The zero-order chi connectivity index (χ0) is 35.3. The van der Waals surface area contributed by atoms with E-state index in [1.807, 2.05) is 24.3 Å². The molecule has 1 atom stereocenters. The van der Waals surface area contributed by atoms with E-state index >= 15 is 0 Å². The van der Waals surface area contributed by atoms with Crippen LogP contribution in [0.3, 0.4) is 0 Å². The Morgan fingerprint density at radius 3 is 1.96 bits per heavy atom. The number of anilines is 3. The molecular weight excluding hydrogens is 649 g/mol. The summed E-state index contributed by atoms with van der Waals surface area (Å²) in [5, 5.41) is 6.61. The van der Waals surface area contributed by atoms with E-state index in [9.17, 15) is 0 Å². The van der Waals surface area contributed by atoms with Crippen molar-refractivity contribution in [2.24, 2.45) is 9.98 Å². The summed E-state index contributed by atoms with van der Waals surface area (Å²) in [6.07, 6.45) is -0.248. The minimum absolute atomic E-state index is 0.248. The number of hydrogen-bond acceptors (Lipinski definition) is 5. The number of furan rings is 1. The maximum atomic E-state index is 6.72. The van der Waals surface area contributed by atoms with Crippen LogP contribution in [0, 0.1) is 0 Å². The van der Waals surface area contributed by atoms with Gasteiger partial charge in [0.25, 0.3) is 0 Å². The minimum Gasteiger partial charge on any atom is -0.455 e. The van der Waals surface area contributed by atoms with E-state index in [-0.39, 0.29) is 6.17 Å². The van der Waals surface area contributed by atoms with Crippen LogP contribution in [0.2, 0.25) is 0 Å². The highest BCUT2D eigenvalue weighted by Crippen LogP contribution is 2.42. The number of fused-ring (bicyclic) bond motifs is 6. The molecule has 0 N–H and O–H groups in total. The number of hydrogen-bond donors (Lipinski definition) is 0. The molecule has 0 bridgehead atoms. The topological polar surface area (TPSA) is 44.3 Å². The Bertz CT molecular complexity index is 2860. The molecule has 10 rings (SSSR count). The monoisotopic (exact) mass is 682 g/mol. The fourth-order valence-electron chi connectivity index (χ4n) is 7.68. The third kappa shape index (κ3) is 5.33. The molecule has 0 saturated heterocycles. The Balaban J connectivity index is 1.19. The predicted octanol–water partition coefficient (Wildman–Crippen LogP) is 12.2. The second-order valence-corrected chi connectivity index (χ2v) is 13.5. The van der Waals surface area contributed by atoms with E-state index in [0.717, 1.165) is 72.3 Å². The van der Waals surface area contributed by atoms with Crippen molar-refractivity contribution in [2.75, 3.05) is 11.9 Å². The number of aliphatic imine (C=N–C) groups is 2. The first-order chi connectivity index (χ1) is 26.2. The standard InChI is InChI=1S/C48H34N4O/c1-51-47(34-18-7-3-8-19-34)49-46(33-16-5-2-6-17-33)50-48(51)43-31-42-41-30-38(27-28-44(41)53-45(42)40-24-14-13-23-39(40)43)52(36-21-9-4-10-22-36)37-26-25-32-15-11-12-20-35(32)29-37/h2-31,47H,1H3. The molecule has 1 aliphatic rings. The quantitative estimate of drug-likeness (QED) is 0.175. The molecule has 1 aliphatic heterocycles. The molecule has 1 unspecified atom stereocenters. The van der Waals surface area contributed by atoms with Gasteiger partial charge in [0.2, 0.25) is 0 Å². The second kappa shape index (κ2) is 12.7. The maximum Gasteiger partial charge on any atom is 0.159 e. The molecule has 9 aromatic rings. The maximum absolute atomic E-state index is 6.72. The highest BCUT2D eigenvalue weighted by atomic mass is 16.3. The molecule has 2 heterocycles. The Kier molecular flexibility index (Phi) is 7.36. The summed E-state index contributed by atoms with van der Waals surface area (Å²) >= 11 is 0. The van der Waals surface area contributed by atoms with Crippen molar-refractivity contribution < 1.29 is 4.42 Å². The Labute approximate surface area is 307 Å². The van der Waals surface area contributed by atoms with Gasteiger partial charge in [-0.2, -0.15) is 0 Å². The van der Waals surface area contributed by atoms with Crippen LogP contribution in [-0.2, 0) is 0 Å². The van der Waals surface area contributed by atoms with Gasteiger partial charge in [0.1, 0.15) is 23.2 Å². The molecule has 5 nitrogen and oxygen atoms in total. The number of benzene rings is 8. The van der Waals surface area contributed by atoms with Gasteiger partial charge in [-0.05, 0) is 70.3 Å². The molecule has 0 saturated carbocycles. The molecular formula is C48H34N4O. The summed E-state index contributed by atoms with van der Waals surface area (Å²) in [5.41, 5.74) is 8.04. The summed E-state index contributed by atoms with van der Waals surface area (Å²) in [5.74, 6) is 1.57. The SMILES string of the molecule is CN1C(c2cc3c4cc(N(c5ccccc5)c5ccc6ccccc6c5)ccc4oc3c3ccccc23)=NC(c2ccccc2)=NC1c1ccccc1. The van der Waals surface area contributed by atoms with Crippen molar-refractivity contribution in [3.05, 3.63) is 199 Å². The molecule has 0 aliphatic carbocycles. The molecule has 0 amide bonds. The largest absolute Gasteiger partial charge is 0.455 e. The van der Waals surface area contributed by atoms with Crippen LogP contribution >= 0.6 is 0 Å². The molecule has 252 valence electrons. The summed E-state index contributed by atoms with van der Waals surface area (Å²) in [6, 6.07) is 63.7. The lowest BCUT2D eigenvalue weighted by Gasteiger charge is -2.33. The number of amidine groups is 2. The van der Waals surface area contributed by atoms with Gasteiger partial charge in [0.15, 0.2) is 5.84 Å². The Morgan fingerprint density at radius 1 is 0.528 bits per heavy atom. The lowest BCUT2D eigenvalue weighted by Crippen LogP contribution is -2.35. The van der Waals surface area contributed by atoms with E-state index in [2.05, 4.69) is 175 Å². The fraction of sp³-hybridized carbons (Fsp3) is 0.0417. The highest BCUT2D eigenvalue weighted by molar-refractivity contribution is 6.24. The number of para-hydroxylation sites is 1. The normalized spacial score (nSPS) is 14.5. The van der Waals surface area contributed by atoms with Crippen molar-refractivity contribution in [1.29, 1.82) is 0 Å². The summed E-state index contributed by atoms with van der Waals surface area (Å²) in [6.45, 7) is 0. The summed E-state index contributed by atoms with van der Waals surface area (Å²) < 4.78 is 6.72. The van der Waals surface area contributed by atoms with Crippen LogP contribution < -0.4 is 4.90 Å². The van der Waals surface area contributed by atoms with E-state index in [0.29, 0.717) is 5.84 Å². The van der Waals surface area contributed by atoms with Crippen molar-refractivity contribution >= 4 is 72.2 Å². The van der Waals surface area contributed by atoms with E-state index in [1.54, 1.807) is 0 Å². The molecule has 0 radical (unpaired) electrons. The molecule has 5 heteroatoms. The lowest BCUT2D eigenvalue weighted by atomic mass is 9.98. The average molecular weight is 683 g/mol. The van der Waals surface area contributed by atoms with Crippen LogP contribution in [0.15, 0.2) is 196 Å². The molecule has 0 fully saturated rings. The Morgan fingerprint density at radius 2 is 1.17 bits per heavy atom. The minimum atomic E-state index is -0.248. The van der Waals surface area contributed by atoms with Crippen molar-refractivity contribution in [3.63, 3.8) is 0 Å². The van der Waals surface area contributed by atoms with Crippen molar-refractivity contribution in [1.82, 2.24) is 4.90 Å². The van der Waals surface area contributed by atoms with Crippen LogP contribution in [-0.4, -0.2) is 23.6 Å². The first kappa shape index (κ1) is 30.8. The van der Waals surface area contributed by atoms with Crippen LogP contribution in [0.1, 0.15) is 22.9 Å². The third-order valence-electron chi connectivity index (χ3n) is 10.3. The van der Waals surface area contributed by atoms with Crippen LogP contribution in [0.25, 0.3) is 43.5 Å². The van der Waals surface area contributed by atoms with Crippen molar-refractivity contribution in [3.8, 4) is 0 Å². The Hall–Kier alpha value is -6.98. The van der Waals surface area contributed by atoms with Gasteiger partial charge >= 0.3 is 0 Å².